The minimum absolute atomic E-state index is 0.907. The van der Waals surface area contributed by atoms with Crippen LogP contribution in [0.1, 0.15) is 68.2 Å². The molecular formula is C25H40O. The van der Waals surface area contributed by atoms with E-state index < -0.39 is 0 Å². The summed E-state index contributed by atoms with van der Waals surface area (Å²) >= 11 is 0. The Hall–Kier alpha value is -2.02. The molecule has 0 atom stereocenters. The van der Waals surface area contributed by atoms with Crippen LogP contribution in [0.5, 0.6) is 0 Å². The van der Waals surface area contributed by atoms with Gasteiger partial charge in [-0.1, -0.05) is 87.4 Å². The third-order valence-electron chi connectivity index (χ3n) is 3.94. The number of ether oxygens (including phenoxy) is 1. The zero-order valence-electron chi connectivity index (χ0n) is 18.6. The molecule has 0 radical (unpaired) electrons. The lowest BCUT2D eigenvalue weighted by atomic mass is 9.96. The monoisotopic (exact) mass is 356 g/mol. The molecule has 0 bridgehead atoms. The smallest absolute Gasteiger partial charge is 0.129 e. The van der Waals surface area contributed by atoms with Gasteiger partial charge in [0.05, 0.1) is 7.11 Å². The predicted molar refractivity (Wildman–Crippen MR) is 120 cm³/mol. The molecule has 0 saturated heterocycles. The maximum atomic E-state index is 5.73. The quantitative estimate of drug-likeness (QED) is 0.314. The molecule has 0 aliphatic rings. The third-order valence-corrected chi connectivity index (χ3v) is 3.94. The predicted octanol–water partition coefficient (Wildman–Crippen LogP) is 8.26. The Morgan fingerprint density at radius 3 is 1.96 bits per heavy atom. The maximum Gasteiger partial charge on any atom is 0.129 e. The van der Waals surface area contributed by atoms with E-state index in [2.05, 4.69) is 73.3 Å². The normalized spacial score (nSPS) is 14.7. The van der Waals surface area contributed by atoms with Crippen LogP contribution in [0.2, 0.25) is 0 Å². The fraction of sp³-hybridized carbons (Fsp3) is 0.440. The molecule has 0 N–H and O–H groups in total. The molecule has 0 saturated carbocycles. The largest absolute Gasteiger partial charge is 0.496 e. The summed E-state index contributed by atoms with van der Waals surface area (Å²) in [5.74, 6) is 0.907. The number of rotatable bonds is 8. The molecule has 0 rings (SSSR count). The van der Waals surface area contributed by atoms with Crippen molar-refractivity contribution in [3.63, 3.8) is 0 Å². The first-order valence-electron chi connectivity index (χ1n) is 9.56. The molecule has 0 aromatic carbocycles. The Morgan fingerprint density at radius 1 is 0.962 bits per heavy atom. The SMILES string of the molecule is C=C\C=C/C=C(C)/C(OC)=C(/C=C\C(C)=C/C)C(\C)=C(/C)CC.CCC. The Labute approximate surface area is 163 Å². The topological polar surface area (TPSA) is 9.23 Å². The van der Waals surface area contributed by atoms with Gasteiger partial charge in [0.2, 0.25) is 0 Å². The van der Waals surface area contributed by atoms with E-state index in [1.165, 1.54) is 23.1 Å². The van der Waals surface area contributed by atoms with Gasteiger partial charge >= 0.3 is 0 Å². The van der Waals surface area contributed by atoms with E-state index in [-0.39, 0.29) is 0 Å². The van der Waals surface area contributed by atoms with Crippen LogP contribution >= 0.6 is 0 Å². The van der Waals surface area contributed by atoms with Crippen LogP contribution in [0.15, 0.2) is 82.7 Å². The van der Waals surface area contributed by atoms with Crippen LogP contribution in [-0.4, -0.2) is 7.11 Å². The van der Waals surface area contributed by atoms with Gasteiger partial charge in [-0.15, -0.1) is 0 Å². The van der Waals surface area contributed by atoms with Gasteiger partial charge < -0.3 is 4.74 Å². The summed E-state index contributed by atoms with van der Waals surface area (Å²) in [6, 6.07) is 0. The van der Waals surface area contributed by atoms with Gasteiger partial charge in [0, 0.05) is 5.57 Å². The van der Waals surface area contributed by atoms with E-state index in [9.17, 15) is 0 Å². The van der Waals surface area contributed by atoms with Gasteiger partial charge in [-0.3, -0.25) is 0 Å². The highest BCUT2D eigenvalue weighted by atomic mass is 16.5. The molecule has 26 heavy (non-hydrogen) atoms. The first-order chi connectivity index (χ1) is 12.3. The molecule has 0 unspecified atom stereocenters. The summed E-state index contributed by atoms with van der Waals surface area (Å²) in [4.78, 5) is 0. The highest BCUT2D eigenvalue weighted by molar-refractivity contribution is 5.50. The number of allylic oxidation sites excluding steroid dienone is 12. The van der Waals surface area contributed by atoms with Gasteiger partial charge in [-0.25, -0.2) is 0 Å². The highest BCUT2D eigenvalue weighted by Gasteiger charge is 2.10. The van der Waals surface area contributed by atoms with Crippen molar-refractivity contribution < 1.29 is 4.74 Å². The second kappa shape index (κ2) is 16.4. The van der Waals surface area contributed by atoms with Crippen molar-refractivity contribution in [3.8, 4) is 0 Å². The Bertz CT molecular complexity index is 590. The van der Waals surface area contributed by atoms with E-state index in [4.69, 9.17) is 4.74 Å². The second-order valence-electron chi connectivity index (χ2n) is 6.25. The second-order valence-corrected chi connectivity index (χ2v) is 6.25. The van der Waals surface area contributed by atoms with E-state index in [0.717, 1.165) is 23.3 Å². The summed E-state index contributed by atoms with van der Waals surface area (Å²) in [7, 11) is 1.73. The zero-order chi connectivity index (χ0) is 20.5. The van der Waals surface area contributed by atoms with E-state index in [1.807, 2.05) is 25.2 Å². The summed E-state index contributed by atoms with van der Waals surface area (Å²) in [6.07, 6.45) is 16.4. The van der Waals surface area contributed by atoms with Crippen molar-refractivity contribution in [1.29, 1.82) is 0 Å². The van der Waals surface area contributed by atoms with Crippen LogP contribution in [-0.2, 0) is 4.74 Å². The van der Waals surface area contributed by atoms with E-state index in [1.54, 1.807) is 13.2 Å². The van der Waals surface area contributed by atoms with Crippen molar-refractivity contribution in [2.45, 2.75) is 68.2 Å². The molecule has 0 aromatic heterocycles. The van der Waals surface area contributed by atoms with Crippen molar-refractivity contribution in [2.24, 2.45) is 0 Å². The van der Waals surface area contributed by atoms with Gasteiger partial charge in [0.25, 0.3) is 0 Å². The average Bonchev–Trinajstić information content (AvgIpc) is 2.64. The zero-order valence-corrected chi connectivity index (χ0v) is 18.6. The van der Waals surface area contributed by atoms with Gasteiger partial charge in [0.1, 0.15) is 5.76 Å². The molecule has 0 heterocycles. The summed E-state index contributed by atoms with van der Waals surface area (Å²) < 4.78 is 5.73. The standard InChI is InChI=1S/C22H32O.C3H8/c1-9-12-13-14-19(6)22(23-8)21(16-15-17(4)10-2)20(7)18(5)11-3;1-3-2/h9-10,12-16H,1,11H2,2-8H3;3H2,1-2H3/b13-12-,16-15-,17-10-,19-14+,20-18+,22-21+;. The molecule has 0 aliphatic carbocycles. The molecule has 0 aliphatic heterocycles. The summed E-state index contributed by atoms with van der Waals surface area (Å²) in [5.41, 5.74) is 6.09. The first kappa shape index (κ1) is 26.2. The van der Waals surface area contributed by atoms with Gasteiger partial charge in [0.15, 0.2) is 0 Å². The molecule has 146 valence electrons. The van der Waals surface area contributed by atoms with Crippen molar-refractivity contribution >= 4 is 0 Å². The minimum Gasteiger partial charge on any atom is -0.496 e. The molecule has 1 heteroatoms. The summed E-state index contributed by atoms with van der Waals surface area (Å²) in [5, 5.41) is 0. The van der Waals surface area contributed by atoms with Crippen molar-refractivity contribution in [2.75, 3.05) is 7.11 Å². The lowest BCUT2D eigenvalue weighted by Crippen LogP contribution is -1.98. The van der Waals surface area contributed by atoms with Crippen molar-refractivity contribution in [1.82, 2.24) is 0 Å². The Kier molecular flexibility index (Phi) is 16.6. The number of hydrogen-bond donors (Lipinski definition) is 0. The highest BCUT2D eigenvalue weighted by Crippen LogP contribution is 2.26. The minimum atomic E-state index is 0.907. The number of methoxy groups -OCH3 is 1. The van der Waals surface area contributed by atoms with Gasteiger partial charge in [-0.2, -0.15) is 0 Å². The fourth-order valence-corrected chi connectivity index (χ4v) is 2.01. The third kappa shape index (κ3) is 10.8. The molecule has 0 fully saturated rings. The fourth-order valence-electron chi connectivity index (χ4n) is 2.01. The number of hydrogen-bond acceptors (Lipinski definition) is 1. The van der Waals surface area contributed by atoms with Crippen LogP contribution in [0.25, 0.3) is 0 Å². The van der Waals surface area contributed by atoms with E-state index in [0.29, 0.717) is 0 Å². The van der Waals surface area contributed by atoms with Crippen LogP contribution in [0.4, 0.5) is 0 Å². The summed E-state index contributed by atoms with van der Waals surface area (Å²) in [6.45, 7) is 20.7. The molecule has 1 nitrogen and oxygen atoms in total. The van der Waals surface area contributed by atoms with Gasteiger partial charge in [-0.05, 0) is 52.2 Å². The average molecular weight is 357 g/mol. The molecular weight excluding hydrogens is 316 g/mol. The van der Waals surface area contributed by atoms with Crippen LogP contribution in [0, 0.1) is 0 Å². The maximum absolute atomic E-state index is 5.73. The molecule has 0 amide bonds. The first-order valence-corrected chi connectivity index (χ1v) is 9.56. The Morgan fingerprint density at radius 2 is 1.54 bits per heavy atom. The van der Waals surface area contributed by atoms with Crippen LogP contribution < -0.4 is 0 Å². The lowest BCUT2D eigenvalue weighted by Gasteiger charge is -2.15. The van der Waals surface area contributed by atoms with Crippen molar-refractivity contribution in [3.05, 3.63) is 82.7 Å². The molecule has 0 aromatic rings. The molecule has 0 spiro atoms. The van der Waals surface area contributed by atoms with Crippen LogP contribution in [0.3, 0.4) is 0 Å². The van der Waals surface area contributed by atoms with E-state index >= 15 is 0 Å². The lowest BCUT2D eigenvalue weighted by molar-refractivity contribution is 0.298. The Balaban J connectivity index is 0.